The molecule has 1 fully saturated rings. The van der Waals surface area contributed by atoms with E-state index in [1.54, 1.807) is 18.2 Å². The molecule has 2 amide bonds. The first-order chi connectivity index (χ1) is 12.2. The van der Waals surface area contributed by atoms with Crippen molar-refractivity contribution < 1.29 is 22.4 Å². The molecule has 1 aliphatic rings. The van der Waals surface area contributed by atoms with Gasteiger partial charge >= 0.3 is 0 Å². The molecule has 0 spiro atoms. The molecule has 2 atom stereocenters. The van der Waals surface area contributed by atoms with E-state index in [-0.39, 0.29) is 49.1 Å². The Kier molecular flexibility index (Phi) is 7.10. The third-order valence-electron chi connectivity index (χ3n) is 4.30. The highest BCUT2D eigenvalue weighted by Crippen LogP contribution is 2.26. The van der Waals surface area contributed by atoms with Gasteiger partial charge in [0.25, 0.3) is 0 Å². The summed E-state index contributed by atoms with van der Waals surface area (Å²) in [5.74, 6) is -0.976. The fourth-order valence-electron chi connectivity index (χ4n) is 2.97. The van der Waals surface area contributed by atoms with Crippen molar-refractivity contribution in [1.29, 1.82) is 0 Å². The maximum absolute atomic E-state index is 13.6. The summed E-state index contributed by atoms with van der Waals surface area (Å²) in [4.78, 5) is 24.0. The van der Waals surface area contributed by atoms with E-state index >= 15 is 0 Å². The second kappa shape index (κ2) is 9.09. The number of nitrogens with one attached hydrogen (secondary N) is 3. The molecule has 3 N–H and O–H groups in total. The fraction of sp³-hybridized carbons (Fsp3) is 0.529. The first kappa shape index (κ1) is 20.3. The van der Waals surface area contributed by atoms with Crippen molar-refractivity contribution in [2.45, 2.75) is 38.3 Å². The average molecular weight is 385 g/mol. The summed E-state index contributed by atoms with van der Waals surface area (Å²) in [5, 5.41) is 5.56. The Labute approximate surface area is 152 Å². The standard InChI is InChI=1S/C17H24FN3O4S/c1-26(24,25)20-9-8-16(22)21-14-7-6-12(10-14)17(23)19-11-13-4-2-3-5-15(13)18/h2-5,12,14,20H,6-11H2,1H3,(H,19,23)(H,21,22)/t12-,14+/m1/s1. The minimum Gasteiger partial charge on any atom is -0.353 e. The van der Waals surface area contributed by atoms with Gasteiger partial charge in [0.1, 0.15) is 5.82 Å². The lowest BCUT2D eigenvalue weighted by Crippen LogP contribution is -2.36. The predicted octanol–water partition coefficient (Wildman–Crippen LogP) is 0.666. The Hall–Kier alpha value is -2.00. The summed E-state index contributed by atoms with van der Waals surface area (Å²) in [7, 11) is -3.31. The maximum atomic E-state index is 13.6. The van der Waals surface area contributed by atoms with Crippen LogP contribution in [-0.2, 0) is 26.2 Å². The molecule has 1 aromatic carbocycles. The summed E-state index contributed by atoms with van der Waals surface area (Å²) in [6.45, 7) is 0.181. The monoisotopic (exact) mass is 385 g/mol. The van der Waals surface area contributed by atoms with E-state index in [2.05, 4.69) is 15.4 Å². The van der Waals surface area contributed by atoms with Crippen molar-refractivity contribution in [3.63, 3.8) is 0 Å². The highest BCUT2D eigenvalue weighted by molar-refractivity contribution is 7.88. The van der Waals surface area contributed by atoms with Crippen LogP contribution in [0.2, 0.25) is 0 Å². The number of hydrogen-bond acceptors (Lipinski definition) is 4. The number of rotatable bonds is 8. The average Bonchev–Trinajstić information content (AvgIpc) is 3.01. The van der Waals surface area contributed by atoms with Crippen LogP contribution in [-0.4, -0.2) is 39.1 Å². The zero-order valence-electron chi connectivity index (χ0n) is 14.6. The summed E-state index contributed by atoms with van der Waals surface area (Å²) >= 11 is 0. The van der Waals surface area contributed by atoms with E-state index < -0.39 is 10.0 Å². The molecule has 9 heteroatoms. The normalized spacial score (nSPS) is 19.9. The lowest BCUT2D eigenvalue weighted by atomic mass is 10.1. The molecule has 0 heterocycles. The summed E-state index contributed by atoms with van der Waals surface area (Å²) < 4.78 is 37.7. The van der Waals surface area contributed by atoms with Gasteiger partial charge < -0.3 is 10.6 Å². The predicted molar refractivity (Wildman–Crippen MR) is 95.0 cm³/mol. The van der Waals surface area contributed by atoms with Crippen LogP contribution in [0.3, 0.4) is 0 Å². The number of carbonyl (C=O) groups excluding carboxylic acids is 2. The Morgan fingerprint density at radius 1 is 1.23 bits per heavy atom. The molecule has 0 unspecified atom stereocenters. The number of carbonyl (C=O) groups is 2. The first-order valence-electron chi connectivity index (χ1n) is 8.49. The van der Waals surface area contributed by atoms with Gasteiger partial charge in [-0.15, -0.1) is 0 Å². The topological polar surface area (TPSA) is 104 Å². The number of sulfonamides is 1. The summed E-state index contributed by atoms with van der Waals surface area (Å²) in [6, 6.07) is 6.17. The molecule has 26 heavy (non-hydrogen) atoms. The van der Waals surface area contributed by atoms with Crippen LogP contribution in [0.25, 0.3) is 0 Å². The van der Waals surface area contributed by atoms with Crippen molar-refractivity contribution in [2.75, 3.05) is 12.8 Å². The van der Waals surface area contributed by atoms with E-state index in [0.717, 1.165) is 6.26 Å². The summed E-state index contributed by atoms with van der Waals surface area (Å²) in [5.41, 5.74) is 0.432. The SMILES string of the molecule is CS(=O)(=O)NCCC(=O)N[C@H]1CC[C@@H](C(=O)NCc2ccccc2F)C1. The largest absolute Gasteiger partial charge is 0.353 e. The highest BCUT2D eigenvalue weighted by atomic mass is 32.2. The molecule has 7 nitrogen and oxygen atoms in total. The van der Waals surface area contributed by atoms with E-state index in [4.69, 9.17) is 0 Å². The highest BCUT2D eigenvalue weighted by Gasteiger charge is 2.30. The van der Waals surface area contributed by atoms with E-state index in [0.29, 0.717) is 24.8 Å². The van der Waals surface area contributed by atoms with Crippen LogP contribution in [0, 0.1) is 11.7 Å². The van der Waals surface area contributed by atoms with Gasteiger partial charge in [0, 0.05) is 37.0 Å². The molecule has 0 aromatic heterocycles. The Balaban J connectivity index is 1.71. The Bertz CT molecular complexity index is 754. The van der Waals surface area contributed by atoms with Gasteiger partial charge in [0.2, 0.25) is 21.8 Å². The lowest BCUT2D eigenvalue weighted by Gasteiger charge is -2.14. The molecular formula is C17H24FN3O4S. The molecule has 1 aromatic rings. The van der Waals surface area contributed by atoms with Crippen LogP contribution < -0.4 is 15.4 Å². The van der Waals surface area contributed by atoms with E-state index in [9.17, 15) is 22.4 Å². The zero-order chi connectivity index (χ0) is 19.2. The number of amides is 2. The van der Waals surface area contributed by atoms with E-state index in [1.165, 1.54) is 6.07 Å². The Morgan fingerprint density at radius 3 is 2.65 bits per heavy atom. The van der Waals surface area contributed by atoms with Gasteiger partial charge in [0.05, 0.1) is 6.26 Å². The minimum atomic E-state index is -3.31. The molecule has 0 aliphatic heterocycles. The van der Waals surface area contributed by atoms with Crippen molar-refractivity contribution in [2.24, 2.45) is 5.92 Å². The first-order valence-corrected chi connectivity index (χ1v) is 10.4. The van der Waals surface area contributed by atoms with Gasteiger partial charge in [-0.3, -0.25) is 9.59 Å². The van der Waals surface area contributed by atoms with Crippen molar-refractivity contribution in [3.05, 3.63) is 35.6 Å². The fourth-order valence-corrected chi connectivity index (χ4v) is 3.44. The van der Waals surface area contributed by atoms with Crippen LogP contribution in [0.5, 0.6) is 0 Å². The molecule has 144 valence electrons. The van der Waals surface area contributed by atoms with Crippen molar-refractivity contribution in [3.8, 4) is 0 Å². The lowest BCUT2D eigenvalue weighted by molar-refractivity contribution is -0.125. The molecule has 2 rings (SSSR count). The molecular weight excluding hydrogens is 361 g/mol. The summed E-state index contributed by atoms with van der Waals surface area (Å²) in [6.07, 6.45) is 2.94. The molecule has 0 bridgehead atoms. The van der Waals surface area contributed by atoms with Crippen molar-refractivity contribution in [1.82, 2.24) is 15.4 Å². The second-order valence-electron chi connectivity index (χ2n) is 6.50. The van der Waals surface area contributed by atoms with Crippen molar-refractivity contribution >= 4 is 21.8 Å². The third kappa shape index (κ3) is 6.72. The number of hydrogen-bond donors (Lipinski definition) is 3. The Morgan fingerprint density at radius 2 is 1.96 bits per heavy atom. The zero-order valence-corrected chi connectivity index (χ0v) is 15.4. The minimum absolute atomic E-state index is 0.0456. The van der Waals surface area contributed by atoms with Gasteiger partial charge in [0.15, 0.2) is 0 Å². The van der Waals surface area contributed by atoms with Gasteiger partial charge in [-0.05, 0) is 25.3 Å². The second-order valence-corrected chi connectivity index (χ2v) is 8.33. The molecule has 1 aliphatic carbocycles. The number of halogens is 1. The van der Waals surface area contributed by atoms with Crippen LogP contribution in [0.4, 0.5) is 4.39 Å². The third-order valence-corrected chi connectivity index (χ3v) is 5.02. The number of benzene rings is 1. The molecule has 1 saturated carbocycles. The maximum Gasteiger partial charge on any atom is 0.223 e. The van der Waals surface area contributed by atoms with Gasteiger partial charge in [-0.1, -0.05) is 18.2 Å². The smallest absolute Gasteiger partial charge is 0.223 e. The van der Waals surface area contributed by atoms with Crippen LogP contribution >= 0.6 is 0 Å². The van der Waals surface area contributed by atoms with Crippen LogP contribution in [0.15, 0.2) is 24.3 Å². The van der Waals surface area contributed by atoms with Gasteiger partial charge in [-0.2, -0.15) is 0 Å². The molecule has 0 radical (unpaired) electrons. The molecule has 0 saturated heterocycles. The van der Waals surface area contributed by atoms with Gasteiger partial charge in [-0.25, -0.2) is 17.5 Å². The quantitative estimate of drug-likeness (QED) is 0.612. The van der Waals surface area contributed by atoms with E-state index in [1.807, 2.05) is 0 Å². The van der Waals surface area contributed by atoms with Crippen LogP contribution in [0.1, 0.15) is 31.2 Å².